The number of rotatable bonds is 6. The van der Waals surface area contributed by atoms with E-state index in [1.807, 2.05) is 38.1 Å². The van der Waals surface area contributed by atoms with Gasteiger partial charge in [0, 0.05) is 22.0 Å². The summed E-state index contributed by atoms with van der Waals surface area (Å²) < 4.78 is 1.01. The Morgan fingerprint density at radius 3 is 2.83 bits per heavy atom. The van der Waals surface area contributed by atoms with Crippen LogP contribution in [0.4, 0.5) is 0 Å². The fourth-order valence-corrected chi connectivity index (χ4v) is 2.62. The van der Waals surface area contributed by atoms with E-state index in [0.29, 0.717) is 5.75 Å². The molecule has 1 amide bonds. The molecular weight excluding hydrogens is 314 g/mol. The SMILES string of the molecule is C[C@H](CO)[C@H](C)NC(=O)CSc1cccc(Br)c1. The van der Waals surface area contributed by atoms with Crippen LogP contribution in [0.1, 0.15) is 13.8 Å². The largest absolute Gasteiger partial charge is 0.396 e. The molecule has 0 aromatic heterocycles. The van der Waals surface area contributed by atoms with E-state index in [-0.39, 0.29) is 24.5 Å². The third-order valence-electron chi connectivity index (χ3n) is 2.70. The zero-order valence-electron chi connectivity index (χ0n) is 10.5. The van der Waals surface area contributed by atoms with Gasteiger partial charge in [0.25, 0.3) is 0 Å². The Hall–Kier alpha value is -0.520. The first-order chi connectivity index (χ1) is 8.52. The van der Waals surface area contributed by atoms with Gasteiger partial charge in [-0.1, -0.05) is 28.9 Å². The molecule has 0 aliphatic rings. The fourth-order valence-electron chi connectivity index (χ4n) is 1.30. The first-order valence-electron chi connectivity index (χ1n) is 5.81. The predicted molar refractivity (Wildman–Crippen MR) is 78.7 cm³/mol. The molecule has 0 saturated carbocycles. The Balaban J connectivity index is 2.37. The number of amides is 1. The van der Waals surface area contributed by atoms with E-state index < -0.39 is 0 Å². The number of hydrogen-bond donors (Lipinski definition) is 2. The number of nitrogens with one attached hydrogen (secondary N) is 1. The molecule has 0 bridgehead atoms. The zero-order chi connectivity index (χ0) is 13.5. The smallest absolute Gasteiger partial charge is 0.230 e. The second kappa shape index (κ2) is 7.81. The molecule has 0 aliphatic heterocycles. The Bertz CT molecular complexity index is 400. The van der Waals surface area contributed by atoms with Crippen LogP contribution in [0.2, 0.25) is 0 Å². The molecule has 2 N–H and O–H groups in total. The lowest BCUT2D eigenvalue weighted by atomic mass is 10.1. The maximum atomic E-state index is 11.7. The van der Waals surface area contributed by atoms with E-state index in [0.717, 1.165) is 9.37 Å². The molecule has 0 heterocycles. The molecule has 5 heteroatoms. The van der Waals surface area contributed by atoms with E-state index in [4.69, 9.17) is 5.11 Å². The highest BCUT2D eigenvalue weighted by atomic mass is 79.9. The van der Waals surface area contributed by atoms with Crippen LogP contribution in [0, 0.1) is 5.92 Å². The highest BCUT2D eigenvalue weighted by Gasteiger charge is 2.13. The van der Waals surface area contributed by atoms with Gasteiger partial charge in [0.05, 0.1) is 5.75 Å². The number of aliphatic hydroxyl groups excluding tert-OH is 1. The molecule has 0 radical (unpaired) electrons. The Morgan fingerprint density at radius 1 is 1.50 bits per heavy atom. The fraction of sp³-hybridized carbons (Fsp3) is 0.462. The summed E-state index contributed by atoms with van der Waals surface area (Å²) in [6, 6.07) is 7.85. The Labute approximate surface area is 120 Å². The highest BCUT2D eigenvalue weighted by Crippen LogP contribution is 2.21. The van der Waals surface area contributed by atoms with Crippen molar-refractivity contribution in [2.45, 2.75) is 24.8 Å². The van der Waals surface area contributed by atoms with E-state index in [1.54, 1.807) is 0 Å². The van der Waals surface area contributed by atoms with Crippen molar-refractivity contribution >= 4 is 33.6 Å². The van der Waals surface area contributed by atoms with Gasteiger partial charge in [-0.2, -0.15) is 0 Å². The van der Waals surface area contributed by atoms with Gasteiger partial charge in [-0.25, -0.2) is 0 Å². The van der Waals surface area contributed by atoms with Gasteiger partial charge in [-0.05, 0) is 31.0 Å². The van der Waals surface area contributed by atoms with Crippen molar-refractivity contribution in [3.05, 3.63) is 28.7 Å². The van der Waals surface area contributed by atoms with Crippen LogP contribution in [-0.2, 0) is 4.79 Å². The molecule has 0 spiro atoms. The number of benzene rings is 1. The van der Waals surface area contributed by atoms with Gasteiger partial charge in [0.1, 0.15) is 0 Å². The van der Waals surface area contributed by atoms with Gasteiger partial charge in [-0.15, -0.1) is 11.8 Å². The van der Waals surface area contributed by atoms with E-state index >= 15 is 0 Å². The molecule has 18 heavy (non-hydrogen) atoms. The third kappa shape index (κ3) is 5.42. The molecule has 0 aliphatic carbocycles. The monoisotopic (exact) mass is 331 g/mol. The zero-order valence-corrected chi connectivity index (χ0v) is 12.9. The average Bonchev–Trinajstić information content (AvgIpc) is 2.35. The van der Waals surface area contributed by atoms with E-state index in [9.17, 15) is 4.79 Å². The lowest BCUT2D eigenvalue weighted by Gasteiger charge is -2.19. The van der Waals surface area contributed by atoms with Crippen molar-refractivity contribution in [2.75, 3.05) is 12.4 Å². The Kier molecular flexibility index (Phi) is 6.75. The quantitative estimate of drug-likeness (QED) is 0.788. The van der Waals surface area contributed by atoms with Crippen molar-refractivity contribution in [1.29, 1.82) is 0 Å². The minimum atomic E-state index is -0.00869. The maximum absolute atomic E-state index is 11.7. The first kappa shape index (κ1) is 15.5. The van der Waals surface area contributed by atoms with Gasteiger partial charge in [-0.3, -0.25) is 4.79 Å². The molecule has 1 aromatic rings. The van der Waals surface area contributed by atoms with Crippen molar-refractivity contribution in [1.82, 2.24) is 5.32 Å². The standard InChI is InChI=1S/C13H18BrNO2S/c1-9(7-16)10(2)15-13(17)8-18-12-5-3-4-11(14)6-12/h3-6,9-10,16H,7-8H2,1-2H3,(H,15,17)/t9-,10+/m1/s1. The topological polar surface area (TPSA) is 49.3 Å². The summed E-state index contributed by atoms with van der Waals surface area (Å²) in [4.78, 5) is 12.8. The van der Waals surface area contributed by atoms with Gasteiger partial charge < -0.3 is 10.4 Å². The predicted octanol–water partition coefficient (Wildman–Crippen LogP) is 2.67. The average molecular weight is 332 g/mol. The second-order valence-corrected chi connectivity index (χ2v) is 6.23. The number of carbonyl (C=O) groups is 1. The van der Waals surface area contributed by atoms with Gasteiger partial charge in [0.15, 0.2) is 0 Å². The normalized spacial score (nSPS) is 14.0. The second-order valence-electron chi connectivity index (χ2n) is 4.26. The molecule has 2 atom stereocenters. The lowest BCUT2D eigenvalue weighted by Crippen LogP contribution is -2.39. The Morgan fingerprint density at radius 2 is 2.22 bits per heavy atom. The molecule has 3 nitrogen and oxygen atoms in total. The maximum Gasteiger partial charge on any atom is 0.230 e. The third-order valence-corrected chi connectivity index (χ3v) is 4.18. The van der Waals surface area contributed by atoms with Crippen molar-refractivity contribution in [2.24, 2.45) is 5.92 Å². The number of hydrogen-bond acceptors (Lipinski definition) is 3. The van der Waals surface area contributed by atoms with Crippen LogP contribution in [0.15, 0.2) is 33.6 Å². The van der Waals surface area contributed by atoms with E-state index in [2.05, 4.69) is 21.2 Å². The summed E-state index contributed by atoms with van der Waals surface area (Å²) in [5.74, 6) is 0.455. The summed E-state index contributed by atoms with van der Waals surface area (Å²) in [6.45, 7) is 3.90. The summed E-state index contributed by atoms with van der Waals surface area (Å²) in [7, 11) is 0. The minimum Gasteiger partial charge on any atom is -0.396 e. The van der Waals surface area contributed by atoms with Crippen LogP contribution in [0.5, 0.6) is 0 Å². The summed E-state index contributed by atoms with van der Waals surface area (Å²) in [5, 5.41) is 11.9. The molecular formula is C13H18BrNO2S. The number of thioether (sulfide) groups is 1. The van der Waals surface area contributed by atoms with Gasteiger partial charge >= 0.3 is 0 Å². The van der Waals surface area contributed by atoms with Crippen LogP contribution in [0.25, 0.3) is 0 Å². The molecule has 0 fully saturated rings. The van der Waals surface area contributed by atoms with Crippen molar-refractivity contribution in [3.8, 4) is 0 Å². The van der Waals surface area contributed by atoms with Gasteiger partial charge in [0.2, 0.25) is 5.91 Å². The van der Waals surface area contributed by atoms with Crippen LogP contribution >= 0.6 is 27.7 Å². The molecule has 1 rings (SSSR count). The highest BCUT2D eigenvalue weighted by molar-refractivity contribution is 9.10. The summed E-state index contributed by atoms with van der Waals surface area (Å²) in [6.07, 6.45) is 0. The number of carbonyl (C=O) groups excluding carboxylic acids is 1. The summed E-state index contributed by atoms with van der Waals surface area (Å²) >= 11 is 4.90. The molecule has 0 saturated heterocycles. The number of aliphatic hydroxyl groups is 1. The van der Waals surface area contributed by atoms with Crippen LogP contribution in [0.3, 0.4) is 0 Å². The molecule has 0 unspecified atom stereocenters. The van der Waals surface area contributed by atoms with Crippen molar-refractivity contribution in [3.63, 3.8) is 0 Å². The summed E-state index contributed by atoms with van der Waals surface area (Å²) in [5.41, 5.74) is 0. The molecule has 1 aromatic carbocycles. The number of halogens is 1. The van der Waals surface area contributed by atoms with E-state index in [1.165, 1.54) is 11.8 Å². The van der Waals surface area contributed by atoms with Crippen LogP contribution in [-0.4, -0.2) is 29.4 Å². The van der Waals surface area contributed by atoms with Crippen molar-refractivity contribution < 1.29 is 9.90 Å². The minimum absolute atomic E-state index is 0.00669. The molecule has 100 valence electrons. The lowest BCUT2D eigenvalue weighted by molar-refractivity contribution is -0.119. The van der Waals surface area contributed by atoms with Crippen LogP contribution < -0.4 is 5.32 Å². The first-order valence-corrected chi connectivity index (χ1v) is 7.59.